The lowest BCUT2D eigenvalue weighted by atomic mass is 9.92. The van der Waals surface area contributed by atoms with Crippen molar-refractivity contribution in [3.63, 3.8) is 0 Å². The number of rotatable bonds is 18. The second kappa shape index (κ2) is 21.8. The van der Waals surface area contributed by atoms with Crippen LogP contribution < -0.4 is 9.46 Å². The van der Waals surface area contributed by atoms with Gasteiger partial charge in [0.25, 0.3) is 15.9 Å². The second-order valence-corrected chi connectivity index (χ2v) is 21.6. The molecule has 0 saturated carbocycles. The van der Waals surface area contributed by atoms with E-state index < -0.39 is 49.1 Å². The van der Waals surface area contributed by atoms with Gasteiger partial charge in [-0.1, -0.05) is 87.6 Å². The summed E-state index contributed by atoms with van der Waals surface area (Å²) in [5.74, 6) is -2.27. The number of sulfonamides is 2. The fourth-order valence-electron chi connectivity index (χ4n) is 8.20. The number of carbonyl (C=O) groups excluding carboxylic acids is 2. The third kappa shape index (κ3) is 12.1. The van der Waals surface area contributed by atoms with E-state index in [0.717, 1.165) is 37.4 Å². The average Bonchev–Trinajstić information content (AvgIpc) is 3.28. The number of carbonyl (C=O) groups is 2. The van der Waals surface area contributed by atoms with E-state index in [1.165, 1.54) is 33.6 Å². The number of hydrogen-bond donors (Lipinski definition) is 4. The molecule has 2 amide bonds. The van der Waals surface area contributed by atoms with Gasteiger partial charge < -0.3 is 29.7 Å². The largest absolute Gasteiger partial charge is 0.507 e. The van der Waals surface area contributed by atoms with Crippen LogP contribution in [-0.4, -0.2) is 90.1 Å². The molecule has 17 heteroatoms. The summed E-state index contributed by atoms with van der Waals surface area (Å²) in [7, 11) is -8.70. The minimum absolute atomic E-state index is 0.00680. The first kappa shape index (κ1) is 51.2. The molecule has 4 N–H and O–H groups in total. The zero-order valence-electron chi connectivity index (χ0n) is 39.5. The number of aromatic hydroxyl groups is 3. The third-order valence-electron chi connectivity index (χ3n) is 11.6. The molecule has 0 atom stereocenters. The first-order valence-corrected chi connectivity index (χ1v) is 25.9. The summed E-state index contributed by atoms with van der Waals surface area (Å²) in [4.78, 5) is 31.5. The molecule has 1 aromatic heterocycles. The van der Waals surface area contributed by atoms with E-state index in [0.29, 0.717) is 41.5 Å². The van der Waals surface area contributed by atoms with E-state index in [9.17, 15) is 41.7 Å². The fraction of sp³-hybridized carbons (Fsp3) is 0.392. The molecule has 364 valence electrons. The quantitative estimate of drug-likeness (QED) is 0.0605. The number of hydrogen-bond acceptors (Lipinski definition) is 12. The van der Waals surface area contributed by atoms with Crippen LogP contribution in [0.2, 0.25) is 0 Å². The number of piperazine rings is 1. The van der Waals surface area contributed by atoms with E-state index in [2.05, 4.69) is 9.71 Å². The Morgan fingerprint density at radius 2 is 1.41 bits per heavy atom. The highest BCUT2D eigenvalue weighted by atomic mass is 32.2. The summed E-state index contributed by atoms with van der Waals surface area (Å²) in [6, 6.07) is 19.7. The van der Waals surface area contributed by atoms with Gasteiger partial charge >= 0.3 is 6.09 Å². The minimum Gasteiger partial charge on any atom is -0.507 e. The van der Waals surface area contributed by atoms with Crippen LogP contribution in [0.5, 0.6) is 23.0 Å². The molecule has 0 bridgehead atoms. The third-order valence-corrected chi connectivity index (χ3v) is 14.9. The molecule has 5 aromatic rings. The van der Waals surface area contributed by atoms with Crippen molar-refractivity contribution in [3.8, 4) is 45.3 Å². The predicted molar refractivity (Wildman–Crippen MR) is 260 cm³/mol. The fourth-order valence-corrected chi connectivity index (χ4v) is 10.9. The van der Waals surface area contributed by atoms with Gasteiger partial charge in [-0.15, -0.1) is 0 Å². The molecule has 2 heterocycles. The van der Waals surface area contributed by atoms with Crippen molar-refractivity contribution < 1.29 is 51.2 Å². The second-order valence-electron chi connectivity index (χ2n) is 18.0. The lowest BCUT2D eigenvalue weighted by Crippen LogP contribution is -2.51. The van der Waals surface area contributed by atoms with Crippen molar-refractivity contribution in [3.05, 3.63) is 113 Å². The number of pyridine rings is 1. The Kier molecular flexibility index (Phi) is 16.5. The molecular formula is C51H62N4O11S2. The van der Waals surface area contributed by atoms with Crippen LogP contribution in [0.1, 0.15) is 106 Å². The van der Waals surface area contributed by atoms with Gasteiger partial charge in [0.1, 0.15) is 45.0 Å². The van der Waals surface area contributed by atoms with Crippen molar-refractivity contribution in [2.75, 3.05) is 26.2 Å². The van der Waals surface area contributed by atoms with Gasteiger partial charge in [-0.05, 0) is 112 Å². The highest BCUT2D eigenvalue weighted by molar-refractivity contribution is 7.90. The highest BCUT2D eigenvalue weighted by Crippen LogP contribution is 2.47. The molecule has 6 rings (SSSR count). The van der Waals surface area contributed by atoms with Crippen molar-refractivity contribution in [2.24, 2.45) is 0 Å². The molecule has 1 fully saturated rings. The first-order chi connectivity index (χ1) is 32.2. The maximum absolute atomic E-state index is 14.7. The summed E-state index contributed by atoms with van der Waals surface area (Å²) in [6.07, 6.45) is 7.12. The Bertz CT molecular complexity index is 2840. The number of unbranched alkanes of at least 4 members (excludes halogenated alkanes) is 4. The first-order valence-electron chi connectivity index (χ1n) is 23.0. The van der Waals surface area contributed by atoms with Gasteiger partial charge in [-0.2, -0.15) is 4.31 Å². The predicted octanol–water partition coefficient (Wildman–Crippen LogP) is 9.25. The maximum atomic E-state index is 14.7. The molecular weight excluding hydrogens is 909 g/mol. The van der Waals surface area contributed by atoms with Crippen molar-refractivity contribution in [2.45, 2.75) is 115 Å². The van der Waals surface area contributed by atoms with Crippen molar-refractivity contribution in [1.82, 2.24) is 18.9 Å². The average molecular weight is 971 g/mol. The molecule has 4 aromatic carbocycles. The van der Waals surface area contributed by atoms with Crippen LogP contribution in [0, 0.1) is 6.92 Å². The topological polar surface area (TPSA) is 213 Å². The number of nitrogens with zero attached hydrogens (tertiary/aromatic N) is 3. The molecule has 0 unspecified atom stereocenters. The zero-order valence-corrected chi connectivity index (χ0v) is 41.2. The Hall–Kier alpha value is -6.17. The minimum atomic E-state index is -4.38. The van der Waals surface area contributed by atoms with E-state index >= 15 is 0 Å². The standard InChI is InChI=1S/C51H62N4O11S2/c1-7-9-11-18-38-30-41(56)43(46(57)45(38)49(59)53-67(61,62)40-22-15-23-52-32-40)37-21-14-17-35(29-37)33-65-42-31-39(19-12-10-8-2)48(47(58)44(42)36-20-13-16-34(3)28-36)68(63,64)55-26-24-54(25-27-55)50(60)66-51(4,5)6/h13-17,20-23,28-32,56-58H,7-12,18-19,24-27,33H2,1-6H3,(H,53,59). The summed E-state index contributed by atoms with van der Waals surface area (Å²) < 4.78 is 71.3. The smallest absolute Gasteiger partial charge is 0.410 e. The number of benzene rings is 4. The summed E-state index contributed by atoms with van der Waals surface area (Å²) >= 11 is 0. The van der Waals surface area contributed by atoms with Crippen LogP contribution in [0.15, 0.2) is 95.0 Å². The van der Waals surface area contributed by atoms with E-state index in [-0.39, 0.29) is 82.8 Å². The lowest BCUT2D eigenvalue weighted by Gasteiger charge is -2.35. The maximum Gasteiger partial charge on any atom is 0.410 e. The van der Waals surface area contributed by atoms with Gasteiger partial charge in [0.15, 0.2) is 0 Å². The van der Waals surface area contributed by atoms with Crippen LogP contribution in [-0.2, 0) is 44.2 Å². The number of ether oxygens (including phenoxy) is 2. The molecule has 68 heavy (non-hydrogen) atoms. The molecule has 0 aliphatic carbocycles. The number of phenolic OH excluding ortho intramolecular Hbond substituents is 3. The zero-order chi connectivity index (χ0) is 49.4. The van der Waals surface area contributed by atoms with Crippen molar-refractivity contribution >= 4 is 32.0 Å². The monoisotopic (exact) mass is 970 g/mol. The Morgan fingerprint density at radius 1 is 0.765 bits per heavy atom. The van der Waals surface area contributed by atoms with Gasteiger partial charge in [0.05, 0.1) is 16.7 Å². The Balaban J connectivity index is 1.38. The Labute approximate surface area is 399 Å². The van der Waals surface area contributed by atoms with Crippen molar-refractivity contribution in [1.29, 1.82) is 0 Å². The number of aromatic nitrogens is 1. The summed E-state index contributed by atoms with van der Waals surface area (Å²) in [5, 5.41) is 35.6. The number of phenols is 3. The van der Waals surface area contributed by atoms with Crippen LogP contribution >= 0.6 is 0 Å². The van der Waals surface area contributed by atoms with Gasteiger partial charge in [-0.3, -0.25) is 9.78 Å². The molecule has 15 nitrogen and oxygen atoms in total. The molecule has 1 aliphatic rings. The van der Waals surface area contributed by atoms with E-state index in [4.69, 9.17) is 9.47 Å². The van der Waals surface area contributed by atoms with Crippen LogP contribution in [0.25, 0.3) is 22.3 Å². The van der Waals surface area contributed by atoms with Crippen LogP contribution in [0.3, 0.4) is 0 Å². The molecule has 1 aliphatic heterocycles. The summed E-state index contributed by atoms with van der Waals surface area (Å²) in [5.41, 5.74) is 1.89. The number of nitrogens with one attached hydrogen (secondary N) is 1. The van der Waals surface area contributed by atoms with E-state index in [1.54, 1.807) is 63.2 Å². The normalized spacial score (nSPS) is 13.6. The van der Waals surface area contributed by atoms with Gasteiger partial charge in [0, 0.05) is 38.6 Å². The Morgan fingerprint density at radius 3 is 2.03 bits per heavy atom. The number of aryl methyl sites for hydroxylation is 3. The van der Waals surface area contributed by atoms with E-state index in [1.807, 2.05) is 32.9 Å². The lowest BCUT2D eigenvalue weighted by molar-refractivity contribution is 0.0192. The highest BCUT2D eigenvalue weighted by Gasteiger charge is 2.37. The summed E-state index contributed by atoms with van der Waals surface area (Å²) in [6.45, 7) is 11.3. The molecule has 0 spiro atoms. The number of amides is 2. The molecule has 0 radical (unpaired) electrons. The van der Waals surface area contributed by atoms with Gasteiger partial charge in [0.2, 0.25) is 10.0 Å². The van der Waals surface area contributed by atoms with Gasteiger partial charge in [-0.25, -0.2) is 26.4 Å². The molecule has 1 saturated heterocycles. The SMILES string of the molecule is CCCCCc1cc(O)c(-c2cccc(COc3cc(CCCCC)c(S(=O)(=O)N4CCN(C(=O)OC(C)(C)C)CC4)c(O)c3-c3cccc(C)c3)c2)c(O)c1C(=O)NS(=O)(=O)c1cccnc1. The van der Waals surface area contributed by atoms with Crippen LogP contribution in [0.4, 0.5) is 4.79 Å².